The smallest absolute Gasteiger partial charge is 0.332 e. The minimum absolute atomic E-state index is 0.0326. The maximum Gasteiger partial charge on any atom is 0.332 e. The van der Waals surface area contributed by atoms with E-state index in [0.29, 0.717) is 12.2 Å². The first kappa shape index (κ1) is 27.4. The van der Waals surface area contributed by atoms with Crippen molar-refractivity contribution in [2.45, 2.75) is 39.7 Å². The summed E-state index contributed by atoms with van der Waals surface area (Å²) in [6, 6.07) is 0. The van der Waals surface area contributed by atoms with Crippen molar-refractivity contribution in [1.29, 1.82) is 0 Å². The van der Waals surface area contributed by atoms with Crippen molar-refractivity contribution in [3.8, 4) is 0 Å². The van der Waals surface area contributed by atoms with E-state index in [-0.39, 0.29) is 18.5 Å². The predicted octanol–water partition coefficient (Wildman–Crippen LogP) is 2.35. The number of unbranched alkanes of at least 4 members (excludes halogenated alkanes) is 1. The third kappa shape index (κ3) is 26.8. The number of rotatable bonds is 8. The van der Waals surface area contributed by atoms with E-state index in [1.807, 2.05) is 6.92 Å². The summed E-state index contributed by atoms with van der Waals surface area (Å²) < 4.78 is 13.4. The van der Waals surface area contributed by atoms with Gasteiger partial charge in [-0.2, -0.15) is 0 Å². The van der Waals surface area contributed by atoms with Crippen LogP contribution >= 0.6 is 0 Å². The fourth-order valence-electron chi connectivity index (χ4n) is 0.812. The normalized spacial score (nSPS) is 9.64. The molecule has 0 aromatic carbocycles. The lowest BCUT2D eigenvalue weighted by Gasteiger charge is -2.02. The summed E-state index contributed by atoms with van der Waals surface area (Å²) in [5.41, 5.74) is 0.433. The standard InChI is InChI=1S/C7H12O2.C6H10O3.C5H8O2/c1-3-5-6-9-7(8)4-2;1-3-6(8)9-4-5(2)7;1-4(2)5(6)7-3/h4H,2-3,5-6H2,1H3;3,5,7H,1,4H2,2H3;1H2,2-3H3. The Kier molecular flexibility index (Phi) is 21.6. The highest BCUT2D eigenvalue weighted by molar-refractivity contribution is 5.86. The third-order valence-corrected chi connectivity index (χ3v) is 2.08. The van der Waals surface area contributed by atoms with Crippen molar-refractivity contribution in [1.82, 2.24) is 0 Å². The van der Waals surface area contributed by atoms with Crippen molar-refractivity contribution < 1.29 is 33.7 Å². The molecule has 0 rings (SSSR count). The molecule has 0 radical (unpaired) electrons. The molecule has 0 heterocycles. The molecule has 0 bridgehead atoms. The molecule has 1 N–H and O–H groups in total. The van der Waals surface area contributed by atoms with E-state index >= 15 is 0 Å². The summed E-state index contributed by atoms with van der Waals surface area (Å²) in [5.74, 6) is -1.18. The SMILES string of the molecule is C=C(C)C(=O)OC.C=CC(=O)OCC(C)O.C=CC(=O)OCCCC. The zero-order chi connectivity index (χ0) is 20.3. The van der Waals surface area contributed by atoms with Gasteiger partial charge in [0.25, 0.3) is 0 Å². The Morgan fingerprint density at radius 3 is 1.88 bits per heavy atom. The number of carbonyl (C=O) groups excluding carboxylic acids is 3. The molecule has 7 nitrogen and oxygen atoms in total. The molecule has 0 saturated heterocycles. The molecule has 7 heteroatoms. The van der Waals surface area contributed by atoms with Gasteiger partial charge in [0, 0.05) is 17.7 Å². The topological polar surface area (TPSA) is 99.1 Å². The number of hydrogen-bond acceptors (Lipinski definition) is 7. The third-order valence-electron chi connectivity index (χ3n) is 2.08. The van der Waals surface area contributed by atoms with Gasteiger partial charge in [-0.3, -0.25) is 0 Å². The van der Waals surface area contributed by atoms with Gasteiger partial charge in [0.2, 0.25) is 0 Å². The van der Waals surface area contributed by atoms with E-state index < -0.39 is 12.1 Å². The van der Waals surface area contributed by atoms with Gasteiger partial charge >= 0.3 is 17.9 Å². The highest BCUT2D eigenvalue weighted by Gasteiger charge is 1.98. The first-order valence-electron chi connectivity index (χ1n) is 7.66. The molecule has 0 spiro atoms. The largest absolute Gasteiger partial charge is 0.466 e. The summed E-state index contributed by atoms with van der Waals surface area (Å²) in [5, 5.41) is 8.59. The van der Waals surface area contributed by atoms with Crippen molar-refractivity contribution in [3.63, 3.8) is 0 Å². The summed E-state index contributed by atoms with van der Waals surface area (Å²) >= 11 is 0. The molecule has 0 aromatic heterocycles. The molecule has 0 aliphatic rings. The highest BCUT2D eigenvalue weighted by atomic mass is 16.5. The lowest BCUT2D eigenvalue weighted by molar-refractivity contribution is -0.140. The second kappa shape index (κ2) is 19.6. The molecule has 1 atom stereocenters. The van der Waals surface area contributed by atoms with E-state index in [0.717, 1.165) is 18.9 Å². The Balaban J connectivity index is -0.000000293. The quantitative estimate of drug-likeness (QED) is 0.308. The van der Waals surface area contributed by atoms with Gasteiger partial charge in [0.1, 0.15) is 6.61 Å². The van der Waals surface area contributed by atoms with Crippen LogP contribution in [0.5, 0.6) is 0 Å². The minimum Gasteiger partial charge on any atom is -0.466 e. The molecule has 0 aromatic rings. The summed E-state index contributed by atoms with van der Waals surface area (Å²) in [4.78, 5) is 30.8. The molecule has 0 amide bonds. The zero-order valence-electron chi connectivity index (χ0n) is 15.6. The Morgan fingerprint density at radius 2 is 1.60 bits per heavy atom. The second-order valence-corrected chi connectivity index (χ2v) is 4.68. The number of aliphatic hydroxyl groups is 1. The van der Waals surface area contributed by atoms with Crippen LogP contribution in [0.4, 0.5) is 0 Å². The molecule has 0 saturated carbocycles. The monoisotopic (exact) mass is 358 g/mol. The van der Waals surface area contributed by atoms with Crippen LogP contribution in [-0.2, 0) is 28.6 Å². The van der Waals surface area contributed by atoms with Crippen LogP contribution in [-0.4, -0.2) is 49.4 Å². The molecule has 144 valence electrons. The fourth-order valence-corrected chi connectivity index (χ4v) is 0.812. The molecule has 0 aliphatic heterocycles. The maximum atomic E-state index is 10.3. The first-order valence-corrected chi connectivity index (χ1v) is 7.66. The van der Waals surface area contributed by atoms with E-state index in [4.69, 9.17) is 5.11 Å². The van der Waals surface area contributed by atoms with Crippen LogP contribution in [0, 0.1) is 0 Å². The maximum absolute atomic E-state index is 10.3. The Hall–Kier alpha value is -2.41. The van der Waals surface area contributed by atoms with Gasteiger partial charge in [-0.25, -0.2) is 14.4 Å². The molecule has 1 unspecified atom stereocenters. The molecular formula is C18H30O7. The van der Waals surface area contributed by atoms with E-state index in [2.05, 4.69) is 33.9 Å². The number of esters is 3. The van der Waals surface area contributed by atoms with Crippen LogP contribution in [0.3, 0.4) is 0 Å². The predicted molar refractivity (Wildman–Crippen MR) is 95.7 cm³/mol. The number of hydrogen-bond donors (Lipinski definition) is 1. The molecule has 25 heavy (non-hydrogen) atoms. The summed E-state index contributed by atoms with van der Waals surface area (Å²) in [7, 11) is 1.33. The molecule has 0 aliphatic carbocycles. The lowest BCUT2D eigenvalue weighted by atomic mass is 10.4. The summed E-state index contributed by atoms with van der Waals surface area (Å²) in [6.45, 7) is 15.5. The van der Waals surface area contributed by atoms with Crippen molar-refractivity contribution in [3.05, 3.63) is 37.5 Å². The van der Waals surface area contributed by atoms with Gasteiger partial charge in [0.15, 0.2) is 0 Å². The van der Waals surface area contributed by atoms with E-state index in [1.54, 1.807) is 6.92 Å². The van der Waals surface area contributed by atoms with Crippen LogP contribution in [0.1, 0.15) is 33.6 Å². The average molecular weight is 358 g/mol. The number of ether oxygens (including phenoxy) is 3. The van der Waals surface area contributed by atoms with Crippen LogP contribution < -0.4 is 0 Å². The fraction of sp³-hybridized carbons (Fsp3) is 0.500. The van der Waals surface area contributed by atoms with Gasteiger partial charge in [-0.1, -0.05) is 33.1 Å². The van der Waals surface area contributed by atoms with Crippen LogP contribution in [0.25, 0.3) is 0 Å². The van der Waals surface area contributed by atoms with E-state index in [9.17, 15) is 14.4 Å². The van der Waals surface area contributed by atoms with Crippen LogP contribution in [0.2, 0.25) is 0 Å². The Bertz CT molecular complexity index is 425. The van der Waals surface area contributed by atoms with Crippen molar-refractivity contribution in [2.75, 3.05) is 20.3 Å². The average Bonchev–Trinajstić information content (AvgIpc) is 2.59. The number of aliphatic hydroxyl groups excluding tert-OH is 1. The van der Waals surface area contributed by atoms with Crippen molar-refractivity contribution >= 4 is 17.9 Å². The lowest BCUT2D eigenvalue weighted by Crippen LogP contribution is -2.13. The minimum atomic E-state index is -0.603. The molecule has 0 fully saturated rings. The Labute approximate surface area is 150 Å². The number of carbonyl (C=O) groups is 3. The molecular weight excluding hydrogens is 328 g/mol. The second-order valence-electron chi connectivity index (χ2n) is 4.68. The van der Waals surface area contributed by atoms with Crippen molar-refractivity contribution in [2.24, 2.45) is 0 Å². The van der Waals surface area contributed by atoms with Crippen LogP contribution in [0.15, 0.2) is 37.5 Å². The Morgan fingerprint density at radius 1 is 1.12 bits per heavy atom. The summed E-state index contributed by atoms with van der Waals surface area (Å²) in [6.07, 6.45) is 3.61. The van der Waals surface area contributed by atoms with E-state index in [1.165, 1.54) is 20.1 Å². The van der Waals surface area contributed by atoms with Gasteiger partial charge in [-0.15, -0.1) is 0 Å². The van der Waals surface area contributed by atoms with Gasteiger partial charge < -0.3 is 19.3 Å². The first-order chi connectivity index (χ1) is 11.7. The highest BCUT2D eigenvalue weighted by Crippen LogP contribution is 1.88. The van der Waals surface area contributed by atoms with Gasteiger partial charge in [-0.05, 0) is 20.3 Å². The number of methoxy groups -OCH3 is 1. The van der Waals surface area contributed by atoms with Gasteiger partial charge in [0.05, 0.1) is 19.8 Å². The zero-order valence-corrected chi connectivity index (χ0v) is 15.6.